The summed E-state index contributed by atoms with van der Waals surface area (Å²) >= 11 is 0. The third-order valence-corrected chi connectivity index (χ3v) is 3.47. The topological polar surface area (TPSA) is 79.3 Å². The molecule has 0 radical (unpaired) electrons. The zero-order chi connectivity index (χ0) is 12.4. The van der Waals surface area contributed by atoms with Crippen molar-refractivity contribution in [2.75, 3.05) is 7.11 Å². The molecule has 1 aliphatic rings. The Morgan fingerprint density at radius 1 is 1.53 bits per heavy atom. The first kappa shape index (κ1) is 11.7. The number of nitrogens with two attached hydrogens (primary N) is 1. The SMILES string of the molecule is COc1cc(C#N)cc([C@H](N)C2CCC2)c1O. The molecule has 1 aromatic rings. The zero-order valence-corrected chi connectivity index (χ0v) is 9.81. The highest BCUT2D eigenvalue weighted by Gasteiger charge is 2.28. The van der Waals surface area contributed by atoms with Gasteiger partial charge >= 0.3 is 0 Å². The van der Waals surface area contributed by atoms with Gasteiger partial charge in [0.25, 0.3) is 0 Å². The van der Waals surface area contributed by atoms with Crippen LogP contribution in [0.25, 0.3) is 0 Å². The molecule has 0 aliphatic heterocycles. The summed E-state index contributed by atoms with van der Waals surface area (Å²) < 4.78 is 5.05. The molecular weight excluding hydrogens is 216 g/mol. The van der Waals surface area contributed by atoms with E-state index in [-0.39, 0.29) is 11.8 Å². The van der Waals surface area contributed by atoms with Crippen molar-refractivity contribution in [3.8, 4) is 17.6 Å². The van der Waals surface area contributed by atoms with Gasteiger partial charge in [0, 0.05) is 17.7 Å². The van der Waals surface area contributed by atoms with Crippen LogP contribution in [0.3, 0.4) is 0 Å². The molecule has 0 amide bonds. The lowest BCUT2D eigenvalue weighted by Gasteiger charge is -2.32. The van der Waals surface area contributed by atoms with Crippen LogP contribution in [0, 0.1) is 17.2 Å². The minimum Gasteiger partial charge on any atom is -0.504 e. The summed E-state index contributed by atoms with van der Waals surface area (Å²) in [5.41, 5.74) is 7.20. The van der Waals surface area contributed by atoms with Crippen molar-refractivity contribution in [2.45, 2.75) is 25.3 Å². The Morgan fingerprint density at radius 2 is 2.24 bits per heavy atom. The van der Waals surface area contributed by atoms with E-state index in [1.807, 2.05) is 0 Å². The minimum absolute atomic E-state index is 0.0610. The van der Waals surface area contributed by atoms with E-state index in [0.717, 1.165) is 12.8 Å². The largest absolute Gasteiger partial charge is 0.504 e. The van der Waals surface area contributed by atoms with E-state index in [1.54, 1.807) is 6.07 Å². The monoisotopic (exact) mass is 232 g/mol. The van der Waals surface area contributed by atoms with Crippen molar-refractivity contribution >= 4 is 0 Å². The predicted molar refractivity (Wildman–Crippen MR) is 63.6 cm³/mol. The number of nitrogens with zero attached hydrogens (tertiary/aromatic N) is 1. The van der Waals surface area contributed by atoms with Gasteiger partial charge in [0.2, 0.25) is 0 Å². The highest BCUT2D eigenvalue weighted by atomic mass is 16.5. The summed E-state index contributed by atoms with van der Waals surface area (Å²) in [7, 11) is 1.47. The van der Waals surface area contributed by atoms with Gasteiger partial charge in [-0.2, -0.15) is 5.26 Å². The number of aromatic hydroxyl groups is 1. The van der Waals surface area contributed by atoms with Gasteiger partial charge in [-0.25, -0.2) is 0 Å². The third-order valence-electron chi connectivity index (χ3n) is 3.47. The molecule has 1 aromatic carbocycles. The fourth-order valence-corrected chi connectivity index (χ4v) is 2.16. The molecular formula is C13H16N2O2. The van der Waals surface area contributed by atoms with E-state index in [1.165, 1.54) is 19.6 Å². The van der Waals surface area contributed by atoms with E-state index in [9.17, 15) is 5.11 Å². The maximum absolute atomic E-state index is 10.0. The third kappa shape index (κ3) is 2.06. The highest BCUT2D eigenvalue weighted by molar-refractivity contribution is 5.53. The van der Waals surface area contributed by atoms with Crippen molar-refractivity contribution in [2.24, 2.45) is 11.7 Å². The van der Waals surface area contributed by atoms with E-state index < -0.39 is 0 Å². The first-order valence-electron chi connectivity index (χ1n) is 5.74. The van der Waals surface area contributed by atoms with Gasteiger partial charge in [-0.3, -0.25) is 0 Å². The summed E-state index contributed by atoms with van der Waals surface area (Å²) in [6.07, 6.45) is 3.35. The average molecular weight is 232 g/mol. The first-order valence-corrected chi connectivity index (χ1v) is 5.74. The second kappa shape index (κ2) is 4.64. The standard InChI is InChI=1S/C13H16N2O2/c1-17-11-6-8(7-14)5-10(13(11)16)12(15)9-3-2-4-9/h5-6,9,12,16H,2-4,15H2,1H3/t12-/m1/s1. The lowest BCUT2D eigenvalue weighted by molar-refractivity contribution is 0.259. The lowest BCUT2D eigenvalue weighted by atomic mass is 9.77. The van der Waals surface area contributed by atoms with Crippen LogP contribution in [0.1, 0.15) is 36.4 Å². The molecule has 4 heteroatoms. The summed E-state index contributed by atoms with van der Waals surface area (Å²) in [5, 5.41) is 19.0. The maximum Gasteiger partial charge on any atom is 0.162 e. The normalized spacial score (nSPS) is 17.0. The van der Waals surface area contributed by atoms with Crippen molar-refractivity contribution in [3.63, 3.8) is 0 Å². The van der Waals surface area contributed by atoms with E-state index in [2.05, 4.69) is 6.07 Å². The number of ether oxygens (including phenoxy) is 1. The summed E-state index contributed by atoms with van der Waals surface area (Å²) in [6.45, 7) is 0. The van der Waals surface area contributed by atoms with Crippen LogP contribution in [0.5, 0.6) is 11.5 Å². The first-order chi connectivity index (χ1) is 8.17. The van der Waals surface area contributed by atoms with E-state index in [0.29, 0.717) is 22.8 Å². The molecule has 1 aliphatic carbocycles. The average Bonchev–Trinajstić information content (AvgIpc) is 2.27. The number of methoxy groups -OCH3 is 1. The second-order valence-electron chi connectivity index (χ2n) is 4.44. The van der Waals surface area contributed by atoms with Crippen LogP contribution in [0.15, 0.2) is 12.1 Å². The van der Waals surface area contributed by atoms with Crippen LogP contribution in [-0.2, 0) is 0 Å². The summed E-state index contributed by atoms with van der Waals surface area (Å²) in [4.78, 5) is 0. The lowest BCUT2D eigenvalue weighted by Crippen LogP contribution is -2.27. The molecule has 4 nitrogen and oxygen atoms in total. The Balaban J connectivity index is 2.40. The van der Waals surface area contributed by atoms with Crippen LogP contribution < -0.4 is 10.5 Å². The minimum atomic E-state index is -0.217. The quantitative estimate of drug-likeness (QED) is 0.836. The molecule has 2 rings (SSSR count). The molecule has 1 fully saturated rings. The number of benzene rings is 1. The molecule has 90 valence electrons. The fourth-order valence-electron chi connectivity index (χ4n) is 2.16. The Morgan fingerprint density at radius 3 is 2.71 bits per heavy atom. The molecule has 3 N–H and O–H groups in total. The Hall–Kier alpha value is -1.73. The smallest absolute Gasteiger partial charge is 0.162 e. The number of phenols is 1. The van der Waals surface area contributed by atoms with Crippen molar-refractivity contribution in [3.05, 3.63) is 23.3 Å². The Bertz CT molecular complexity index is 461. The highest BCUT2D eigenvalue weighted by Crippen LogP contribution is 2.42. The molecule has 1 saturated carbocycles. The van der Waals surface area contributed by atoms with Gasteiger partial charge in [0.1, 0.15) is 0 Å². The number of phenolic OH excluding ortho intramolecular Hbond substituents is 1. The van der Waals surface area contributed by atoms with Crippen molar-refractivity contribution in [1.82, 2.24) is 0 Å². The van der Waals surface area contributed by atoms with Crippen LogP contribution in [0.4, 0.5) is 0 Å². The van der Waals surface area contributed by atoms with Gasteiger partial charge in [0.15, 0.2) is 11.5 Å². The number of rotatable bonds is 3. The number of hydrogen-bond acceptors (Lipinski definition) is 4. The molecule has 0 spiro atoms. The summed E-state index contributed by atoms with van der Waals surface area (Å²) in [5.74, 6) is 0.777. The Kier molecular flexibility index (Phi) is 3.21. The molecule has 0 aromatic heterocycles. The van der Waals surface area contributed by atoms with Gasteiger partial charge in [-0.1, -0.05) is 6.42 Å². The van der Waals surface area contributed by atoms with E-state index >= 15 is 0 Å². The zero-order valence-electron chi connectivity index (χ0n) is 9.81. The predicted octanol–water partition coefficient (Wildman–Crippen LogP) is 2.07. The van der Waals surface area contributed by atoms with Crippen molar-refractivity contribution in [1.29, 1.82) is 5.26 Å². The Labute approximate surface area is 101 Å². The van der Waals surface area contributed by atoms with Crippen molar-refractivity contribution < 1.29 is 9.84 Å². The maximum atomic E-state index is 10.0. The van der Waals surface area contributed by atoms with Gasteiger partial charge < -0.3 is 15.6 Å². The van der Waals surface area contributed by atoms with E-state index in [4.69, 9.17) is 15.7 Å². The molecule has 0 bridgehead atoms. The molecule has 0 heterocycles. The van der Waals surface area contributed by atoms with Crippen LogP contribution >= 0.6 is 0 Å². The fraction of sp³-hybridized carbons (Fsp3) is 0.462. The van der Waals surface area contributed by atoms with Crippen LogP contribution in [0.2, 0.25) is 0 Å². The second-order valence-corrected chi connectivity index (χ2v) is 4.44. The molecule has 1 atom stereocenters. The molecule has 0 unspecified atom stereocenters. The summed E-state index contributed by atoms with van der Waals surface area (Å²) in [6, 6.07) is 5.01. The van der Waals surface area contributed by atoms with Gasteiger partial charge in [-0.05, 0) is 24.8 Å². The molecule has 0 saturated heterocycles. The molecule has 17 heavy (non-hydrogen) atoms. The van der Waals surface area contributed by atoms with Crippen LogP contribution in [-0.4, -0.2) is 12.2 Å². The van der Waals surface area contributed by atoms with Gasteiger partial charge in [-0.15, -0.1) is 0 Å². The number of hydrogen-bond donors (Lipinski definition) is 2. The number of nitriles is 1. The van der Waals surface area contributed by atoms with Gasteiger partial charge in [0.05, 0.1) is 18.7 Å².